The van der Waals surface area contributed by atoms with Crippen molar-refractivity contribution in [2.75, 3.05) is 12.3 Å². The molecule has 26 heavy (non-hydrogen) atoms. The molecule has 1 aliphatic heterocycles. The number of rotatable bonds is 5. The fraction of sp³-hybridized carbons (Fsp3) is 0.632. The van der Waals surface area contributed by atoms with Crippen molar-refractivity contribution in [2.24, 2.45) is 0 Å². The third-order valence-corrected chi connectivity index (χ3v) is 7.38. The van der Waals surface area contributed by atoms with Gasteiger partial charge in [0.2, 0.25) is 5.91 Å². The fourth-order valence-corrected chi connectivity index (χ4v) is 5.68. The number of fused-ring (bicyclic) bond motifs is 1. The van der Waals surface area contributed by atoms with Crippen LogP contribution in [0.15, 0.2) is 9.95 Å². The first-order valence-electron chi connectivity index (χ1n) is 9.40. The van der Waals surface area contributed by atoms with Crippen molar-refractivity contribution < 1.29 is 4.79 Å². The highest BCUT2D eigenvalue weighted by molar-refractivity contribution is 7.99. The van der Waals surface area contributed by atoms with E-state index in [4.69, 9.17) is 4.98 Å². The zero-order chi connectivity index (χ0) is 18.8. The topological polar surface area (TPSA) is 55.2 Å². The average molecular weight is 394 g/mol. The van der Waals surface area contributed by atoms with Gasteiger partial charge in [0.05, 0.1) is 11.1 Å². The van der Waals surface area contributed by atoms with Gasteiger partial charge in [0.1, 0.15) is 4.83 Å². The van der Waals surface area contributed by atoms with Gasteiger partial charge in [-0.05, 0) is 52.0 Å². The predicted octanol–water partition coefficient (Wildman–Crippen LogP) is 3.98. The molecule has 0 saturated carbocycles. The van der Waals surface area contributed by atoms with Gasteiger partial charge in [0.25, 0.3) is 5.56 Å². The SMILES string of the molecule is CC[C@@H]1CCCCN1C(=O)CSc1nc2sc(C)c(C)c2c(=O)n1CC. The number of aromatic nitrogens is 2. The standard InChI is InChI=1S/C19H27N3O2S2/c1-5-14-9-7-8-10-22(14)15(23)11-25-19-20-17-16(12(3)13(4)26-17)18(24)21(19)6-2/h14H,5-11H2,1-4H3/t14-/m1/s1. The first kappa shape index (κ1) is 19.4. The summed E-state index contributed by atoms with van der Waals surface area (Å²) in [6.45, 7) is 9.52. The number of piperidine rings is 1. The van der Waals surface area contributed by atoms with E-state index in [1.165, 1.54) is 18.2 Å². The Hall–Kier alpha value is -1.34. The average Bonchev–Trinajstić information content (AvgIpc) is 2.93. The number of hydrogen-bond acceptors (Lipinski definition) is 5. The number of carbonyl (C=O) groups is 1. The second-order valence-corrected chi connectivity index (χ2v) is 8.99. The third kappa shape index (κ3) is 3.56. The summed E-state index contributed by atoms with van der Waals surface area (Å²) in [7, 11) is 0. The van der Waals surface area contributed by atoms with Crippen LogP contribution in [0.2, 0.25) is 0 Å². The smallest absolute Gasteiger partial charge is 0.263 e. The maximum atomic E-state index is 12.9. The molecule has 142 valence electrons. The molecule has 1 fully saturated rings. The quantitative estimate of drug-likeness (QED) is 0.570. The summed E-state index contributed by atoms with van der Waals surface area (Å²) in [6.07, 6.45) is 4.41. The Morgan fingerprint density at radius 3 is 2.77 bits per heavy atom. The number of amides is 1. The lowest BCUT2D eigenvalue weighted by Crippen LogP contribution is -2.44. The van der Waals surface area contributed by atoms with Gasteiger partial charge in [0, 0.05) is 24.0 Å². The Balaban J connectivity index is 1.84. The van der Waals surface area contributed by atoms with Crippen LogP contribution in [0.4, 0.5) is 0 Å². The zero-order valence-electron chi connectivity index (χ0n) is 16.0. The van der Waals surface area contributed by atoms with Gasteiger partial charge < -0.3 is 4.90 Å². The number of carbonyl (C=O) groups excluding carboxylic acids is 1. The second-order valence-electron chi connectivity index (χ2n) is 6.84. The van der Waals surface area contributed by atoms with Crippen LogP contribution < -0.4 is 5.56 Å². The normalized spacial score (nSPS) is 17.8. The molecule has 2 aromatic heterocycles. The lowest BCUT2D eigenvalue weighted by molar-refractivity contribution is -0.132. The van der Waals surface area contributed by atoms with E-state index < -0.39 is 0 Å². The van der Waals surface area contributed by atoms with Crippen molar-refractivity contribution in [1.29, 1.82) is 0 Å². The summed E-state index contributed by atoms with van der Waals surface area (Å²) < 4.78 is 1.70. The van der Waals surface area contributed by atoms with Crippen LogP contribution in [0.3, 0.4) is 0 Å². The number of nitrogens with zero attached hydrogens (tertiary/aromatic N) is 3. The fourth-order valence-electron chi connectivity index (χ4n) is 3.66. The van der Waals surface area contributed by atoms with E-state index in [2.05, 4.69) is 6.92 Å². The molecular weight excluding hydrogens is 366 g/mol. The van der Waals surface area contributed by atoms with Crippen molar-refractivity contribution in [3.63, 3.8) is 0 Å². The van der Waals surface area contributed by atoms with E-state index >= 15 is 0 Å². The van der Waals surface area contributed by atoms with Gasteiger partial charge in [0.15, 0.2) is 5.16 Å². The summed E-state index contributed by atoms with van der Waals surface area (Å²) >= 11 is 2.96. The second kappa shape index (κ2) is 8.13. The van der Waals surface area contributed by atoms with E-state index in [0.717, 1.165) is 46.5 Å². The maximum Gasteiger partial charge on any atom is 0.263 e. The Morgan fingerprint density at radius 2 is 2.08 bits per heavy atom. The van der Waals surface area contributed by atoms with Crippen molar-refractivity contribution >= 4 is 39.2 Å². The van der Waals surface area contributed by atoms with Crippen LogP contribution in [0, 0.1) is 13.8 Å². The highest BCUT2D eigenvalue weighted by Crippen LogP contribution is 2.29. The first-order chi connectivity index (χ1) is 12.5. The largest absolute Gasteiger partial charge is 0.339 e. The molecule has 3 heterocycles. The van der Waals surface area contributed by atoms with Crippen molar-refractivity contribution in [3.05, 3.63) is 20.8 Å². The minimum Gasteiger partial charge on any atom is -0.339 e. The van der Waals surface area contributed by atoms with Gasteiger partial charge >= 0.3 is 0 Å². The highest BCUT2D eigenvalue weighted by atomic mass is 32.2. The van der Waals surface area contributed by atoms with E-state index in [9.17, 15) is 9.59 Å². The maximum absolute atomic E-state index is 12.9. The van der Waals surface area contributed by atoms with Gasteiger partial charge in [-0.3, -0.25) is 14.2 Å². The van der Waals surface area contributed by atoms with Crippen LogP contribution in [0.5, 0.6) is 0 Å². The molecule has 1 saturated heterocycles. The summed E-state index contributed by atoms with van der Waals surface area (Å²) in [5, 5.41) is 1.39. The van der Waals surface area contributed by atoms with Gasteiger partial charge in [-0.1, -0.05) is 18.7 Å². The number of hydrogen-bond donors (Lipinski definition) is 0. The van der Waals surface area contributed by atoms with Gasteiger partial charge in [-0.2, -0.15) is 0 Å². The summed E-state index contributed by atoms with van der Waals surface area (Å²) in [6, 6.07) is 0.364. The van der Waals surface area contributed by atoms with E-state index in [1.807, 2.05) is 25.7 Å². The zero-order valence-corrected chi connectivity index (χ0v) is 17.6. The molecule has 0 unspecified atom stereocenters. The molecule has 5 nitrogen and oxygen atoms in total. The minimum atomic E-state index is 0.0127. The van der Waals surface area contributed by atoms with Crippen molar-refractivity contribution in [3.8, 4) is 0 Å². The van der Waals surface area contributed by atoms with E-state index in [0.29, 0.717) is 23.5 Å². The molecule has 0 radical (unpaired) electrons. The molecule has 0 spiro atoms. The van der Waals surface area contributed by atoms with Crippen molar-refractivity contribution in [1.82, 2.24) is 14.5 Å². The molecule has 0 bridgehead atoms. The van der Waals surface area contributed by atoms with Crippen LogP contribution >= 0.6 is 23.1 Å². The Morgan fingerprint density at radius 1 is 1.31 bits per heavy atom. The minimum absolute atomic E-state index is 0.0127. The highest BCUT2D eigenvalue weighted by Gasteiger charge is 2.25. The Labute approximate surface area is 162 Å². The number of aryl methyl sites for hydroxylation is 2. The Kier molecular flexibility index (Phi) is 6.07. The summed E-state index contributed by atoms with van der Waals surface area (Å²) in [4.78, 5) is 34.3. The lowest BCUT2D eigenvalue weighted by atomic mass is 10.0. The summed E-state index contributed by atoms with van der Waals surface area (Å²) in [5.74, 6) is 0.509. The molecule has 0 N–H and O–H groups in total. The third-order valence-electron chi connectivity index (χ3n) is 5.31. The number of likely N-dealkylation sites (tertiary alicyclic amines) is 1. The van der Waals surface area contributed by atoms with E-state index in [1.54, 1.807) is 15.9 Å². The van der Waals surface area contributed by atoms with Crippen LogP contribution in [-0.4, -0.2) is 38.7 Å². The summed E-state index contributed by atoms with van der Waals surface area (Å²) in [5.41, 5.74) is 1.04. The molecule has 7 heteroatoms. The van der Waals surface area contributed by atoms with Crippen LogP contribution in [-0.2, 0) is 11.3 Å². The van der Waals surface area contributed by atoms with Gasteiger partial charge in [-0.15, -0.1) is 11.3 Å². The predicted molar refractivity (Wildman–Crippen MR) is 109 cm³/mol. The lowest BCUT2D eigenvalue weighted by Gasteiger charge is -2.35. The Bertz CT molecular complexity index is 872. The van der Waals surface area contributed by atoms with Crippen LogP contribution in [0.25, 0.3) is 10.2 Å². The molecule has 0 aromatic carbocycles. The van der Waals surface area contributed by atoms with Crippen LogP contribution in [0.1, 0.15) is 50.0 Å². The molecular formula is C19H27N3O2S2. The molecule has 2 aromatic rings. The number of thioether (sulfide) groups is 1. The van der Waals surface area contributed by atoms with Gasteiger partial charge in [-0.25, -0.2) is 4.98 Å². The molecule has 1 amide bonds. The monoisotopic (exact) mass is 393 g/mol. The molecule has 1 atom stereocenters. The number of thiophene rings is 1. The first-order valence-corrected chi connectivity index (χ1v) is 11.2. The molecule has 0 aliphatic carbocycles. The molecule has 1 aliphatic rings. The van der Waals surface area contributed by atoms with Crippen molar-refractivity contribution in [2.45, 2.75) is 71.1 Å². The molecule has 3 rings (SSSR count). The van der Waals surface area contributed by atoms with E-state index in [-0.39, 0.29) is 11.5 Å².